The van der Waals surface area contributed by atoms with E-state index in [0.29, 0.717) is 32.0 Å². The first kappa shape index (κ1) is 24.2. The van der Waals surface area contributed by atoms with Crippen LogP contribution < -0.4 is 10.6 Å². The number of nitrogens with one attached hydrogen (secondary N) is 2. The highest BCUT2D eigenvalue weighted by Gasteiger charge is 2.30. The lowest BCUT2D eigenvalue weighted by atomic mass is 9.92. The number of hydrogen-bond donors (Lipinski definition) is 2. The molecule has 0 bridgehead atoms. The summed E-state index contributed by atoms with van der Waals surface area (Å²) in [7, 11) is 0. The maximum Gasteiger partial charge on any atom is 0.323 e. The van der Waals surface area contributed by atoms with Gasteiger partial charge in [0.15, 0.2) is 0 Å². The van der Waals surface area contributed by atoms with Gasteiger partial charge in [-0.1, -0.05) is 20.8 Å². The van der Waals surface area contributed by atoms with Gasteiger partial charge in [-0.2, -0.15) is 5.10 Å². The third-order valence-corrected chi connectivity index (χ3v) is 5.31. The van der Waals surface area contributed by atoms with Crippen LogP contribution in [0, 0.1) is 0 Å². The van der Waals surface area contributed by atoms with Crippen LogP contribution in [0.4, 0.5) is 10.6 Å². The summed E-state index contributed by atoms with van der Waals surface area (Å²) in [5.41, 5.74) is 0.598. The Hall–Kier alpha value is -2.09. The van der Waals surface area contributed by atoms with Crippen LogP contribution in [0.3, 0.4) is 0 Å². The van der Waals surface area contributed by atoms with Gasteiger partial charge in [-0.3, -0.25) is 15.0 Å². The van der Waals surface area contributed by atoms with Gasteiger partial charge in [0.25, 0.3) is 0 Å². The summed E-state index contributed by atoms with van der Waals surface area (Å²) in [6.45, 7) is 20.9. The predicted octanol–water partition coefficient (Wildman–Crippen LogP) is 3.00. The molecule has 8 heteroatoms. The molecule has 8 nitrogen and oxygen atoms in total. The third kappa shape index (κ3) is 5.97. The van der Waals surface area contributed by atoms with Crippen LogP contribution in [0.5, 0.6) is 0 Å². The van der Waals surface area contributed by atoms with Crippen LogP contribution in [0.15, 0.2) is 6.07 Å². The van der Waals surface area contributed by atoms with Crippen LogP contribution in [0.2, 0.25) is 0 Å². The quantitative estimate of drug-likeness (QED) is 0.784. The maximum absolute atomic E-state index is 12.9. The number of carbonyl (C=O) groups is 2. The van der Waals surface area contributed by atoms with E-state index in [1.54, 1.807) is 4.90 Å². The van der Waals surface area contributed by atoms with Crippen LogP contribution in [0.1, 0.15) is 68.0 Å². The van der Waals surface area contributed by atoms with E-state index >= 15 is 0 Å². The third-order valence-electron chi connectivity index (χ3n) is 5.31. The smallest absolute Gasteiger partial charge is 0.323 e. The summed E-state index contributed by atoms with van der Waals surface area (Å²) in [5, 5.41) is 10.8. The van der Waals surface area contributed by atoms with Gasteiger partial charge in [-0.15, -0.1) is 0 Å². The summed E-state index contributed by atoms with van der Waals surface area (Å²) in [6, 6.07) is 1.77. The Morgan fingerprint density at radius 2 is 1.57 bits per heavy atom. The summed E-state index contributed by atoms with van der Waals surface area (Å²) < 4.78 is 1.89. The van der Waals surface area contributed by atoms with E-state index in [9.17, 15) is 9.59 Å². The molecule has 2 N–H and O–H groups in total. The number of carbonyl (C=O) groups excluding carboxylic acids is 2. The highest BCUT2D eigenvalue weighted by Crippen LogP contribution is 2.28. The average Bonchev–Trinajstić information content (AvgIpc) is 3.05. The highest BCUT2D eigenvalue weighted by molar-refractivity contribution is 5.88. The molecular formula is C22H40N6O2. The van der Waals surface area contributed by atoms with Crippen molar-refractivity contribution in [1.82, 2.24) is 24.9 Å². The lowest BCUT2D eigenvalue weighted by Gasteiger charge is -2.37. The monoisotopic (exact) mass is 420 g/mol. The topological polar surface area (TPSA) is 82.5 Å². The van der Waals surface area contributed by atoms with Gasteiger partial charge in [0.1, 0.15) is 5.82 Å². The molecule has 2 rings (SSSR count). The molecule has 2 heterocycles. The van der Waals surface area contributed by atoms with E-state index in [2.05, 4.69) is 57.1 Å². The Labute approximate surface area is 181 Å². The molecule has 1 aromatic rings. The van der Waals surface area contributed by atoms with E-state index in [0.717, 1.165) is 5.69 Å². The van der Waals surface area contributed by atoms with Crippen molar-refractivity contribution in [1.29, 1.82) is 0 Å². The molecule has 1 saturated heterocycles. The zero-order valence-electron chi connectivity index (χ0n) is 20.2. The largest absolute Gasteiger partial charge is 0.353 e. The first-order chi connectivity index (χ1) is 13.7. The van der Waals surface area contributed by atoms with Gasteiger partial charge >= 0.3 is 6.03 Å². The molecule has 0 radical (unpaired) electrons. The highest BCUT2D eigenvalue weighted by atomic mass is 16.2. The zero-order valence-corrected chi connectivity index (χ0v) is 20.2. The minimum Gasteiger partial charge on any atom is -0.353 e. The number of piperazine rings is 1. The number of nitrogens with zero attached hydrogens (tertiary/aromatic N) is 4. The first-order valence-electron chi connectivity index (χ1n) is 10.9. The Kier molecular flexibility index (Phi) is 7.22. The minimum atomic E-state index is -0.246. The van der Waals surface area contributed by atoms with E-state index in [4.69, 9.17) is 5.10 Å². The summed E-state index contributed by atoms with van der Waals surface area (Å²) in [4.78, 5) is 29.1. The number of hydrogen-bond acceptors (Lipinski definition) is 4. The second kappa shape index (κ2) is 8.96. The van der Waals surface area contributed by atoms with E-state index in [1.807, 2.05) is 31.5 Å². The second-order valence-corrected chi connectivity index (χ2v) is 10.5. The van der Waals surface area contributed by atoms with Gasteiger partial charge in [0.05, 0.1) is 17.3 Å². The van der Waals surface area contributed by atoms with Gasteiger partial charge in [-0.05, 0) is 41.5 Å². The minimum absolute atomic E-state index is 0.0340. The fraction of sp³-hybridized carbons (Fsp3) is 0.773. The van der Waals surface area contributed by atoms with Crippen LogP contribution in [0.25, 0.3) is 0 Å². The van der Waals surface area contributed by atoms with Crippen molar-refractivity contribution >= 4 is 17.8 Å². The van der Waals surface area contributed by atoms with Crippen molar-refractivity contribution in [2.45, 2.75) is 85.4 Å². The summed E-state index contributed by atoms with van der Waals surface area (Å²) >= 11 is 0. The maximum atomic E-state index is 12.9. The van der Waals surface area contributed by atoms with Crippen molar-refractivity contribution in [3.8, 4) is 0 Å². The van der Waals surface area contributed by atoms with E-state index in [1.165, 1.54) is 0 Å². The normalized spacial score (nSPS) is 17.2. The molecule has 170 valence electrons. The standard InChI is InChI=1S/C22H40N6O2/c1-15(2)23-19(29)16(3)26-10-12-27(13-11-26)20(30)24-18-14-17(21(4,5)6)25-28(18)22(7,8)9/h14-16H,10-13H2,1-9H3,(H,23,29)(H,24,30). The molecule has 1 aliphatic heterocycles. The molecular weight excluding hydrogens is 380 g/mol. The lowest BCUT2D eigenvalue weighted by molar-refractivity contribution is -0.126. The first-order valence-corrected chi connectivity index (χ1v) is 10.9. The molecule has 1 aromatic heterocycles. The lowest BCUT2D eigenvalue weighted by Crippen LogP contribution is -2.56. The second-order valence-electron chi connectivity index (χ2n) is 10.5. The van der Waals surface area contributed by atoms with Gasteiger partial charge in [0, 0.05) is 43.7 Å². The van der Waals surface area contributed by atoms with Gasteiger partial charge < -0.3 is 10.2 Å². The van der Waals surface area contributed by atoms with E-state index in [-0.39, 0.29) is 35.0 Å². The SMILES string of the molecule is CC(C)NC(=O)C(C)N1CCN(C(=O)Nc2cc(C(C)(C)C)nn2C(C)(C)C)CC1. The fourth-order valence-electron chi connectivity index (χ4n) is 3.42. The van der Waals surface area contributed by atoms with E-state index < -0.39 is 0 Å². The van der Waals surface area contributed by atoms with Gasteiger partial charge in [0.2, 0.25) is 5.91 Å². The van der Waals surface area contributed by atoms with Crippen LogP contribution >= 0.6 is 0 Å². The van der Waals surface area contributed by atoms with Crippen molar-refractivity contribution in [3.63, 3.8) is 0 Å². The summed E-state index contributed by atoms with van der Waals surface area (Å²) in [5.74, 6) is 0.747. The number of anilines is 1. The number of amides is 3. The number of urea groups is 1. The van der Waals surface area contributed by atoms with Gasteiger partial charge in [-0.25, -0.2) is 9.48 Å². The van der Waals surface area contributed by atoms with Crippen molar-refractivity contribution < 1.29 is 9.59 Å². The number of rotatable bonds is 4. The Morgan fingerprint density at radius 3 is 2.03 bits per heavy atom. The van der Waals surface area contributed by atoms with Crippen molar-refractivity contribution in [3.05, 3.63) is 11.8 Å². The molecule has 0 aliphatic carbocycles. The Balaban J connectivity index is 2.03. The van der Waals surface area contributed by atoms with Crippen molar-refractivity contribution in [2.24, 2.45) is 0 Å². The molecule has 1 aliphatic rings. The Morgan fingerprint density at radius 1 is 1.00 bits per heavy atom. The fourth-order valence-corrected chi connectivity index (χ4v) is 3.42. The molecule has 1 fully saturated rings. The average molecular weight is 421 g/mol. The molecule has 30 heavy (non-hydrogen) atoms. The molecule has 3 amide bonds. The van der Waals surface area contributed by atoms with Crippen LogP contribution in [-0.2, 0) is 15.7 Å². The molecule has 0 spiro atoms. The zero-order chi connectivity index (χ0) is 22.9. The molecule has 1 unspecified atom stereocenters. The Bertz CT molecular complexity index is 749. The molecule has 0 aromatic carbocycles. The van der Waals surface area contributed by atoms with Crippen molar-refractivity contribution in [2.75, 3.05) is 31.5 Å². The molecule has 0 saturated carbocycles. The molecule has 1 atom stereocenters. The summed E-state index contributed by atoms with van der Waals surface area (Å²) in [6.07, 6.45) is 0. The van der Waals surface area contributed by atoms with Crippen LogP contribution in [-0.4, -0.2) is 69.8 Å². The predicted molar refractivity (Wildman–Crippen MR) is 121 cm³/mol. The number of aromatic nitrogens is 2.